The predicted molar refractivity (Wildman–Crippen MR) is 199 cm³/mol. The lowest BCUT2D eigenvalue weighted by atomic mass is 9.99. The van der Waals surface area contributed by atoms with E-state index >= 15 is 0 Å². The van der Waals surface area contributed by atoms with Gasteiger partial charge in [-0.2, -0.15) is 0 Å². The van der Waals surface area contributed by atoms with E-state index in [-0.39, 0.29) is 0 Å². The Labute approximate surface area is 276 Å². The number of pyridine rings is 2. The third kappa shape index (κ3) is 4.03. The molecule has 10 rings (SSSR count). The van der Waals surface area contributed by atoms with E-state index in [0.717, 1.165) is 33.6 Å². The van der Waals surface area contributed by atoms with Crippen LogP contribution in [0, 0.1) is 0 Å². The highest BCUT2D eigenvalue weighted by molar-refractivity contribution is 6.22. The summed E-state index contributed by atoms with van der Waals surface area (Å²) in [6.45, 7) is 0. The minimum absolute atomic E-state index is 1.07. The van der Waals surface area contributed by atoms with Crippen molar-refractivity contribution >= 4 is 54.4 Å². The number of rotatable bonds is 4. The molecular weight excluding hydrogens is 585 g/mol. The topological polar surface area (TPSA) is 35.6 Å². The number of benzene rings is 6. The van der Waals surface area contributed by atoms with Gasteiger partial charge < -0.3 is 9.13 Å². The maximum atomic E-state index is 4.46. The minimum Gasteiger partial charge on any atom is -0.309 e. The summed E-state index contributed by atoms with van der Waals surface area (Å²) in [6, 6.07) is 52.6. The van der Waals surface area contributed by atoms with Gasteiger partial charge in [0.25, 0.3) is 0 Å². The molecule has 0 N–H and O–H groups in total. The van der Waals surface area contributed by atoms with Gasteiger partial charge in [0, 0.05) is 74.2 Å². The first-order chi connectivity index (χ1) is 23.8. The van der Waals surface area contributed by atoms with Crippen LogP contribution in [0.3, 0.4) is 0 Å². The third-order valence-corrected chi connectivity index (χ3v) is 9.62. The van der Waals surface area contributed by atoms with Crippen LogP contribution >= 0.6 is 0 Å². The zero-order chi connectivity index (χ0) is 31.6. The van der Waals surface area contributed by atoms with E-state index in [2.05, 4.69) is 153 Å². The van der Waals surface area contributed by atoms with Crippen molar-refractivity contribution in [3.8, 4) is 33.6 Å². The Bertz CT molecular complexity index is 2760. The van der Waals surface area contributed by atoms with E-state index in [1.807, 2.05) is 36.9 Å². The molecule has 4 aromatic heterocycles. The summed E-state index contributed by atoms with van der Waals surface area (Å²) in [6.07, 6.45) is 7.52. The number of aromatic nitrogens is 4. The fourth-order valence-corrected chi connectivity index (χ4v) is 7.51. The van der Waals surface area contributed by atoms with Crippen LogP contribution in [0.1, 0.15) is 0 Å². The van der Waals surface area contributed by atoms with Crippen molar-refractivity contribution in [2.45, 2.75) is 0 Å². The van der Waals surface area contributed by atoms with Crippen LogP contribution in [0.2, 0.25) is 0 Å². The zero-order valence-corrected chi connectivity index (χ0v) is 26.0. The summed E-state index contributed by atoms with van der Waals surface area (Å²) >= 11 is 0. The SMILES string of the molecule is c1ccc(-n2c3ccccc3c3cc4ccc5c6ccccc6n(-c6cc(-c7cccnc7)cc(-c7cccnc7)c6)c5c4cc32)cc1. The Kier molecular flexibility index (Phi) is 5.84. The summed E-state index contributed by atoms with van der Waals surface area (Å²) in [4.78, 5) is 8.91. The van der Waals surface area contributed by atoms with Crippen molar-refractivity contribution in [1.82, 2.24) is 19.1 Å². The average molecular weight is 613 g/mol. The van der Waals surface area contributed by atoms with Crippen molar-refractivity contribution in [1.29, 1.82) is 0 Å². The minimum atomic E-state index is 1.07. The molecule has 224 valence electrons. The Hall–Kier alpha value is -6.52. The lowest BCUT2D eigenvalue weighted by Crippen LogP contribution is -1.97. The number of hydrogen-bond acceptors (Lipinski definition) is 2. The van der Waals surface area contributed by atoms with Gasteiger partial charge in [-0.15, -0.1) is 0 Å². The molecule has 0 radical (unpaired) electrons. The monoisotopic (exact) mass is 612 g/mol. The first-order valence-electron chi connectivity index (χ1n) is 16.2. The van der Waals surface area contributed by atoms with Gasteiger partial charge in [0.1, 0.15) is 0 Å². The Morgan fingerprint density at radius 3 is 1.65 bits per heavy atom. The lowest BCUT2D eigenvalue weighted by Gasteiger charge is -2.15. The van der Waals surface area contributed by atoms with Gasteiger partial charge in [-0.1, -0.05) is 78.9 Å². The zero-order valence-electron chi connectivity index (χ0n) is 26.0. The van der Waals surface area contributed by atoms with Gasteiger partial charge in [0.05, 0.1) is 22.1 Å². The second kappa shape index (κ2) is 10.5. The molecule has 0 fully saturated rings. The quantitative estimate of drug-likeness (QED) is 0.198. The van der Waals surface area contributed by atoms with Gasteiger partial charge >= 0.3 is 0 Å². The van der Waals surface area contributed by atoms with Crippen molar-refractivity contribution in [2.24, 2.45) is 0 Å². The van der Waals surface area contributed by atoms with Crippen LogP contribution in [-0.4, -0.2) is 19.1 Å². The van der Waals surface area contributed by atoms with Crippen molar-refractivity contribution < 1.29 is 0 Å². The van der Waals surface area contributed by atoms with E-state index < -0.39 is 0 Å². The molecule has 4 heterocycles. The van der Waals surface area contributed by atoms with Crippen LogP contribution in [0.15, 0.2) is 170 Å². The maximum Gasteiger partial charge on any atom is 0.0620 e. The molecule has 0 saturated carbocycles. The second-order valence-corrected chi connectivity index (χ2v) is 12.3. The fourth-order valence-electron chi connectivity index (χ4n) is 7.51. The van der Waals surface area contributed by atoms with E-state index in [9.17, 15) is 0 Å². The maximum absolute atomic E-state index is 4.46. The van der Waals surface area contributed by atoms with E-state index in [1.165, 1.54) is 54.4 Å². The highest BCUT2D eigenvalue weighted by Crippen LogP contribution is 2.42. The molecule has 0 saturated heterocycles. The highest BCUT2D eigenvalue weighted by Gasteiger charge is 2.19. The van der Waals surface area contributed by atoms with E-state index in [1.54, 1.807) is 0 Å². The molecule has 0 amide bonds. The Balaban J connectivity index is 1.35. The summed E-state index contributed by atoms with van der Waals surface area (Å²) in [5, 5.41) is 7.39. The molecule has 6 aromatic carbocycles. The number of nitrogens with zero attached hydrogens (tertiary/aromatic N) is 4. The molecule has 0 aliphatic carbocycles. The van der Waals surface area contributed by atoms with Gasteiger partial charge in [-0.25, -0.2) is 0 Å². The normalized spacial score (nSPS) is 11.8. The Morgan fingerprint density at radius 1 is 0.354 bits per heavy atom. The molecule has 0 atom stereocenters. The molecule has 0 unspecified atom stereocenters. The van der Waals surface area contributed by atoms with Gasteiger partial charge in [0.2, 0.25) is 0 Å². The molecular formula is C44H28N4. The molecule has 4 nitrogen and oxygen atoms in total. The highest BCUT2D eigenvalue weighted by atomic mass is 15.0. The first-order valence-corrected chi connectivity index (χ1v) is 16.2. The molecule has 0 bridgehead atoms. The van der Waals surface area contributed by atoms with Gasteiger partial charge in [-0.05, 0) is 83.2 Å². The second-order valence-electron chi connectivity index (χ2n) is 12.3. The smallest absolute Gasteiger partial charge is 0.0620 e. The number of para-hydroxylation sites is 3. The van der Waals surface area contributed by atoms with Crippen LogP contribution in [0.5, 0.6) is 0 Å². The lowest BCUT2D eigenvalue weighted by molar-refractivity contribution is 1.18. The molecule has 4 heteroatoms. The predicted octanol–water partition coefficient (Wildman–Crippen LogP) is 11.2. The van der Waals surface area contributed by atoms with E-state index in [0.29, 0.717) is 0 Å². The van der Waals surface area contributed by atoms with Crippen molar-refractivity contribution in [3.63, 3.8) is 0 Å². The van der Waals surface area contributed by atoms with Crippen LogP contribution in [0.25, 0.3) is 88.0 Å². The van der Waals surface area contributed by atoms with Crippen molar-refractivity contribution in [3.05, 3.63) is 170 Å². The van der Waals surface area contributed by atoms with Crippen molar-refractivity contribution in [2.75, 3.05) is 0 Å². The molecule has 0 spiro atoms. The van der Waals surface area contributed by atoms with Gasteiger partial charge in [-0.3, -0.25) is 9.97 Å². The molecule has 0 aliphatic rings. The third-order valence-electron chi connectivity index (χ3n) is 9.62. The number of hydrogen-bond donors (Lipinski definition) is 0. The summed E-state index contributed by atoms with van der Waals surface area (Å²) in [5.41, 5.74) is 11.4. The summed E-state index contributed by atoms with van der Waals surface area (Å²) in [7, 11) is 0. The summed E-state index contributed by atoms with van der Waals surface area (Å²) in [5.74, 6) is 0. The Morgan fingerprint density at radius 2 is 0.979 bits per heavy atom. The van der Waals surface area contributed by atoms with Crippen LogP contribution in [0.4, 0.5) is 0 Å². The van der Waals surface area contributed by atoms with E-state index in [4.69, 9.17) is 0 Å². The number of fused-ring (bicyclic) bond motifs is 8. The molecule has 48 heavy (non-hydrogen) atoms. The molecule has 10 aromatic rings. The average Bonchev–Trinajstić information content (AvgIpc) is 3.67. The molecule has 0 aliphatic heterocycles. The standard InChI is InChI=1S/C44H28N4/c1-2-12-34(13-3-1)47-41-16-6-5-15-37(41)40-25-29-18-19-38-36-14-4-7-17-42(36)48(44(38)39(29)26-43(40)47)35-23-32(30-10-8-20-45-27-30)22-33(24-35)31-11-9-21-46-28-31/h1-28H. The van der Waals surface area contributed by atoms with Crippen LogP contribution in [-0.2, 0) is 0 Å². The van der Waals surface area contributed by atoms with Gasteiger partial charge in [0.15, 0.2) is 0 Å². The fraction of sp³-hybridized carbons (Fsp3) is 0. The largest absolute Gasteiger partial charge is 0.309 e. The summed E-state index contributed by atoms with van der Waals surface area (Å²) < 4.78 is 4.85. The first kappa shape index (κ1) is 26.7. The van der Waals surface area contributed by atoms with Crippen LogP contribution < -0.4 is 0 Å².